The van der Waals surface area contributed by atoms with E-state index in [2.05, 4.69) is 46.8 Å². The van der Waals surface area contributed by atoms with Crippen molar-refractivity contribution in [1.82, 2.24) is 0 Å². The number of aldehydes is 1. The zero-order valence-electron chi connectivity index (χ0n) is 17.6. The maximum atomic E-state index is 12.5. The van der Waals surface area contributed by atoms with Gasteiger partial charge in [0, 0.05) is 0 Å². The molecule has 0 aromatic heterocycles. The van der Waals surface area contributed by atoms with E-state index in [4.69, 9.17) is 0 Å². The van der Waals surface area contributed by atoms with Gasteiger partial charge in [0.1, 0.15) is 6.29 Å². The number of carbonyl (C=O) groups is 2. The molecule has 0 aliphatic heterocycles. The van der Waals surface area contributed by atoms with E-state index < -0.39 is 0 Å². The highest BCUT2D eigenvalue weighted by Crippen LogP contribution is 2.55. The van der Waals surface area contributed by atoms with E-state index in [1.54, 1.807) is 17.2 Å². The molecular weight excluding hydrogens is 332 g/mol. The number of allylic oxidation sites excluding steroid dienone is 8. The largest absolute Gasteiger partial charge is 0.298 e. The van der Waals surface area contributed by atoms with Crippen LogP contribution in [0.25, 0.3) is 0 Å². The number of ketones is 1. The zero-order valence-corrected chi connectivity index (χ0v) is 17.6. The highest BCUT2D eigenvalue weighted by atomic mass is 16.1. The number of rotatable bonds is 5. The molecular formula is C25H34O2. The van der Waals surface area contributed by atoms with Crippen molar-refractivity contribution in [3.63, 3.8) is 0 Å². The van der Waals surface area contributed by atoms with Crippen LogP contribution in [0.5, 0.6) is 0 Å². The fraction of sp³-hybridized carbons (Fsp3) is 0.600. The van der Waals surface area contributed by atoms with Gasteiger partial charge in [-0.1, -0.05) is 48.3 Å². The van der Waals surface area contributed by atoms with Crippen molar-refractivity contribution in [2.24, 2.45) is 23.2 Å². The minimum absolute atomic E-state index is 0.125. The second-order valence-electron chi connectivity index (χ2n) is 9.43. The van der Waals surface area contributed by atoms with Gasteiger partial charge in [-0.15, -0.1) is 0 Å². The van der Waals surface area contributed by atoms with Gasteiger partial charge >= 0.3 is 0 Å². The molecule has 0 saturated heterocycles. The van der Waals surface area contributed by atoms with Crippen LogP contribution in [0.15, 0.2) is 46.1 Å². The van der Waals surface area contributed by atoms with Crippen molar-refractivity contribution in [2.45, 2.75) is 73.1 Å². The number of carbonyl (C=O) groups excluding carboxylic acids is 2. The third kappa shape index (κ3) is 3.81. The van der Waals surface area contributed by atoms with Crippen LogP contribution < -0.4 is 0 Å². The third-order valence-corrected chi connectivity index (χ3v) is 7.18. The molecule has 0 bridgehead atoms. The lowest BCUT2D eigenvalue weighted by molar-refractivity contribution is -0.118. The van der Waals surface area contributed by atoms with Gasteiger partial charge in [0.05, 0.1) is 5.92 Å². The predicted octanol–water partition coefficient (Wildman–Crippen LogP) is 6.15. The molecule has 0 radical (unpaired) electrons. The number of fused-ring (bicyclic) bond motifs is 2. The number of hydrogen-bond acceptors (Lipinski definition) is 2. The van der Waals surface area contributed by atoms with Gasteiger partial charge in [0.25, 0.3) is 0 Å². The molecule has 146 valence electrons. The van der Waals surface area contributed by atoms with Crippen LogP contribution in [0.1, 0.15) is 73.1 Å². The Kier molecular flexibility index (Phi) is 5.74. The summed E-state index contributed by atoms with van der Waals surface area (Å²) < 4.78 is 0. The minimum Gasteiger partial charge on any atom is -0.298 e. The van der Waals surface area contributed by atoms with E-state index in [9.17, 15) is 9.59 Å². The van der Waals surface area contributed by atoms with Crippen LogP contribution in [-0.2, 0) is 9.59 Å². The normalized spacial score (nSPS) is 33.3. The maximum absolute atomic E-state index is 12.5. The smallest absolute Gasteiger partial charge is 0.163 e. The quantitative estimate of drug-likeness (QED) is 0.432. The van der Waals surface area contributed by atoms with Gasteiger partial charge in [-0.05, 0) is 88.2 Å². The molecule has 0 fully saturated rings. The Labute approximate surface area is 164 Å². The summed E-state index contributed by atoms with van der Waals surface area (Å²) in [6.45, 7) is 11.1. The highest BCUT2D eigenvalue weighted by molar-refractivity contribution is 6.01. The van der Waals surface area contributed by atoms with Crippen LogP contribution in [0.4, 0.5) is 0 Å². The van der Waals surface area contributed by atoms with E-state index in [1.807, 2.05) is 0 Å². The topological polar surface area (TPSA) is 34.1 Å². The van der Waals surface area contributed by atoms with E-state index in [-0.39, 0.29) is 23.0 Å². The molecule has 0 spiro atoms. The van der Waals surface area contributed by atoms with Crippen LogP contribution in [0.3, 0.4) is 0 Å². The SMILES string of the molecule is CC(C)=CCC[C@H](C)C1=C2C/C=C(/C=O)[C@@H]3C(=O)C=C(C)[C@H]3C[C@@]2(C)CC1. The van der Waals surface area contributed by atoms with E-state index in [0.29, 0.717) is 11.5 Å². The Hall–Kier alpha value is -1.70. The Morgan fingerprint density at radius 3 is 2.78 bits per heavy atom. The van der Waals surface area contributed by atoms with Crippen molar-refractivity contribution < 1.29 is 9.59 Å². The molecule has 27 heavy (non-hydrogen) atoms. The summed E-state index contributed by atoms with van der Waals surface area (Å²) in [5.74, 6) is 0.664. The molecule has 0 amide bonds. The molecule has 3 rings (SSSR count). The predicted molar refractivity (Wildman–Crippen MR) is 111 cm³/mol. The fourth-order valence-electron chi connectivity index (χ4n) is 5.55. The first-order chi connectivity index (χ1) is 12.8. The summed E-state index contributed by atoms with van der Waals surface area (Å²) in [5, 5.41) is 0. The van der Waals surface area contributed by atoms with Crippen LogP contribution in [0, 0.1) is 23.2 Å². The Morgan fingerprint density at radius 1 is 1.37 bits per heavy atom. The van der Waals surface area contributed by atoms with E-state index in [0.717, 1.165) is 31.1 Å². The summed E-state index contributed by atoms with van der Waals surface area (Å²) in [5.41, 5.74) is 6.58. The van der Waals surface area contributed by atoms with E-state index in [1.165, 1.54) is 24.8 Å². The Balaban J connectivity index is 1.94. The zero-order chi connectivity index (χ0) is 19.8. The van der Waals surface area contributed by atoms with Gasteiger partial charge in [0.15, 0.2) is 5.78 Å². The second kappa shape index (κ2) is 7.73. The fourth-order valence-corrected chi connectivity index (χ4v) is 5.55. The van der Waals surface area contributed by atoms with Gasteiger partial charge in [-0.25, -0.2) is 0 Å². The lowest BCUT2D eigenvalue weighted by atomic mass is 9.67. The third-order valence-electron chi connectivity index (χ3n) is 7.18. The number of hydrogen-bond donors (Lipinski definition) is 0. The molecule has 0 aromatic rings. The molecule has 0 heterocycles. The monoisotopic (exact) mass is 366 g/mol. The van der Waals surface area contributed by atoms with Crippen molar-refractivity contribution in [2.75, 3.05) is 0 Å². The Morgan fingerprint density at radius 2 is 2.11 bits per heavy atom. The molecule has 0 aromatic carbocycles. The van der Waals surface area contributed by atoms with Crippen LogP contribution >= 0.6 is 0 Å². The summed E-state index contributed by atoms with van der Waals surface area (Å²) in [6, 6.07) is 0. The van der Waals surface area contributed by atoms with Gasteiger partial charge in [0.2, 0.25) is 0 Å². The summed E-state index contributed by atoms with van der Waals surface area (Å²) in [7, 11) is 0. The van der Waals surface area contributed by atoms with Gasteiger partial charge in [-0.2, -0.15) is 0 Å². The molecule has 3 aliphatic carbocycles. The first kappa shape index (κ1) is 20.0. The molecule has 0 saturated carbocycles. The second-order valence-corrected chi connectivity index (χ2v) is 9.43. The lowest BCUT2D eigenvalue weighted by Crippen LogP contribution is -2.29. The molecule has 3 aliphatic rings. The maximum Gasteiger partial charge on any atom is 0.163 e. The van der Waals surface area contributed by atoms with Gasteiger partial charge in [-0.3, -0.25) is 9.59 Å². The molecule has 2 nitrogen and oxygen atoms in total. The molecule has 0 unspecified atom stereocenters. The summed E-state index contributed by atoms with van der Waals surface area (Å²) in [4.78, 5) is 24.2. The van der Waals surface area contributed by atoms with Gasteiger partial charge < -0.3 is 0 Å². The summed E-state index contributed by atoms with van der Waals surface area (Å²) in [6.07, 6.45) is 13.6. The molecule has 4 atom stereocenters. The minimum atomic E-state index is -0.236. The van der Waals surface area contributed by atoms with Crippen molar-refractivity contribution >= 4 is 12.1 Å². The average Bonchev–Trinajstić information content (AvgIpc) is 3.04. The van der Waals surface area contributed by atoms with Crippen molar-refractivity contribution in [3.8, 4) is 0 Å². The first-order valence-corrected chi connectivity index (χ1v) is 10.5. The Bertz CT molecular complexity index is 757. The van der Waals surface area contributed by atoms with E-state index >= 15 is 0 Å². The van der Waals surface area contributed by atoms with Crippen LogP contribution in [-0.4, -0.2) is 12.1 Å². The lowest BCUT2D eigenvalue weighted by Gasteiger charge is -2.36. The molecule has 2 heteroatoms. The van der Waals surface area contributed by atoms with Crippen LogP contribution in [0.2, 0.25) is 0 Å². The summed E-state index contributed by atoms with van der Waals surface area (Å²) >= 11 is 0. The first-order valence-electron chi connectivity index (χ1n) is 10.5. The van der Waals surface area contributed by atoms with Crippen molar-refractivity contribution in [3.05, 3.63) is 46.1 Å². The molecule has 0 N–H and O–H groups in total. The van der Waals surface area contributed by atoms with Crippen molar-refractivity contribution in [1.29, 1.82) is 0 Å². The highest BCUT2D eigenvalue weighted by Gasteiger charge is 2.46. The standard InChI is InChI=1S/C25H34O2/c1-16(2)7-6-8-17(3)20-11-12-25(5)14-21-18(4)13-23(27)24(21)19(15-26)9-10-22(20)25/h7,9,13,15,17,21,24H,6,8,10-12,14H2,1-5H3/b19-9-/t17-,21+,24-,25+/m0/s1. The average molecular weight is 367 g/mol.